The minimum Gasteiger partial charge on any atom is -0.507 e. The van der Waals surface area contributed by atoms with Gasteiger partial charge < -0.3 is 9.84 Å². The van der Waals surface area contributed by atoms with Gasteiger partial charge in [0.25, 0.3) is 0 Å². The van der Waals surface area contributed by atoms with E-state index in [0.29, 0.717) is 5.82 Å². The average molecular weight is 246 g/mol. The molecule has 0 fully saturated rings. The van der Waals surface area contributed by atoms with Crippen LogP contribution >= 0.6 is 0 Å². The molecule has 0 radical (unpaired) electrons. The highest BCUT2D eigenvalue weighted by Gasteiger charge is 2.13. The predicted octanol–water partition coefficient (Wildman–Crippen LogP) is 0.734. The third kappa shape index (κ3) is 2.24. The normalized spacial score (nSPS) is 10.1. The summed E-state index contributed by atoms with van der Waals surface area (Å²) in [5.41, 5.74) is 0.562. The van der Waals surface area contributed by atoms with Crippen molar-refractivity contribution >= 4 is 5.97 Å². The van der Waals surface area contributed by atoms with Gasteiger partial charge in [-0.05, 0) is 25.1 Å². The number of phenolic OH excluding ortho intramolecular Hbond substituents is 1. The van der Waals surface area contributed by atoms with Gasteiger partial charge in [0.2, 0.25) is 5.82 Å². The van der Waals surface area contributed by atoms with Crippen molar-refractivity contribution in [2.75, 3.05) is 7.11 Å². The molecule has 1 heterocycles. The van der Waals surface area contributed by atoms with Gasteiger partial charge >= 0.3 is 5.97 Å². The number of aromatic nitrogens is 4. The Kier molecular flexibility index (Phi) is 3.13. The van der Waals surface area contributed by atoms with Crippen LogP contribution in [0.2, 0.25) is 0 Å². The quantitative estimate of drug-likeness (QED) is 0.780. The molecule has 1 N–H and O–H groups in total. The molecule has 0 saturated heterocycles. The van der Waals surface area contributed by atoms with Crippen LogP contribution in [-0.2, 0) is 4.74 Å². The lowest BCUT2D eigenvalue weighted by atomic mass is 10.1. The molecule has 1 aromatic heterocycles. The Hall–Kier alpha value is -2.57. The number of hydrogen-bond acceptors (Lipinski definition) is 7. The van der Waals surface area contributed by atoms with Gasteiger partial charge in [0, 0.05) is 0 Å². The summed E-state index contributed by atoms with van der Waals surface area (Å²) < 4.78 is 4.59. The zero-order valence-corrected chi connectivity index (χ0v) is 9.78. The molecule has 2 aromatic rings. The molecule has 0 spiro atoms. The van der Waals surface area contributed by atoms with Crippen LogP contribution in [0, 0.1) is 6.92 Å². The summed E-state index contributed by atoms with van der Waals surface area (Å²) in [6.45, 7) is 1.65. The molecule has 0 saturated carbocycles. The van der Waals surface area contributed by atoms with Crippen molar-refractivity contribution in [1.29, 1.82) is 0 Å². The van der Waals surface area contributed by atoms with Gasteiger partial charge in [-0.3, -0.25) is 0 Å². The maximum atomic E-state index is 11.4. The summed E-state index contributed by atoms with van der Waals surface area (Å²) in [4.78, 5) is 11.4. The monoisotopic (exact) mass is 246 g/mol. The number of aryl methyl sites for hydroxylation is 1. The van der Waals surface area contributed by atoms with E-state index in [4.69, 9.17) is 0 Å². The summed E-state index contributed by atoms with van der Waals surface area (Å²) in [5.74, 6) is -0.00870. The Morgan fingerprint density at radius 1 is 1.22 bits per heavy atom. The molecule has 18 heavy (non-hydrogen) atoms. The Morgan fingerprint density at radius 3 is 2.50 bits per heavy atom. The maximum absolute atomic E-state index is 11.4. The Morgan fingerprint density at radius 2 is 1.89 bits per heavy atom. The number of nitrogens with zero attached hydrogens (tertiary/aromatic N) is 4. The second-order valence-electron chi connectivity index (χ2n) is 3.49. The Balaban J connectivity index is 2.49. The third-order valence-corrected chi connectivity index (χ3v) is 2.24. The predicted molar refractivity (Wildman–Crippen MR) is 60.8 cm³/mol. The van der Waals surface area contributed by atoms with Crippen molar-refractivity contribution in [2.45, 2.75) is 6.92 Å². The van der Waals surface area contributed by atoms with Crippen molar-refractivity contribution < 1.29 is 14.6 Å². The zero-order valence-electron chi connectivity index (χ0n) is 9.78. The Labute approximate surface area is 102 Å². The first kappa shape index (κ1) is 11.9. The first-order chi connectivity index (χ1) is 8.61. The van der Waals surface area contributed by atoms with E-state index in [1.54, 1.807) is 6.92 Å². The third-order valence-electron chi connectivity index (χ3n) is 2.24. The molecule has 92 valence electrons. The number of aromatic hydroxyl groups is 1. The van der Waals surface area contributed by atoms with E-state index >= 15 is 0 Å². The van der Waals surface area contributed by atoms with Gasteiger partial charge in [0.05, 0.1) is 18.2 Å². The molecule has 7 heteroatoms. The number of hydrogen-bond donors (Lipinski definition) is 1. The molecule has 0 unspecified atom stereocenters. The molecular weight excluding hydrogens is 236 g/mol. The molecule has 2 rings (SSSR count). The van der Waals surface area contributed by atoms with Gasteiger partial charge in [0.1, 0.15) is 5.75 Å². The highest BCUT2D eigenvalue weighted by Crippen LogP contribution is 2.26. The summed E-state index contributed by atoms with van der Waals surface area (Å²) in [7, 11) is 1.28. The van der Waals surface area contributed by atoms with E-state index in [2.05, 4.69) is 25.1 Å². The number of esters is 1. The van der Waals surface area contributed by atoms with Crippen LogP contribution in [0.5, 0.6) is 5.75 Å². The van der Waals surface area contributed by atoms with E-state index in [9.17, 15) is 9.90 Å². The number of phenols is 1. The lowest BCUT2D eigenvalue weighted by Crippen LogP contribution is -2.03. The van der Waals surface area contributed by atoms with Crippen LogP contribution in [0.4, 0.5) is 0 Å². The highest BCUT2D eigenvalue weighted by atomic mass is 16.5. The molecule has 0 aliphatic heterocycles. The van der Waals surface area contributed by atoms with Crippen LogP contribution in [0.1, 0.15) is 16.2 Å². The van der Waals surface area contributed by atoms with Crippen molar-refractivity contribution in [3.05, 3.63) is 29.6 Å². The van der Waals surface area contributed by atoms with Crippen molar-refractivity contribution in [2.24, 2.45) is 0 Å². The first-order valence-corrected chi connectivity index (χ1v) is 5.07. The standard InChI is InChI=1S/C11H10N4O3/c1-6-12-14-10(15-13-6)8-5-7(11(17)18-2)3-4-9(8)16/h3-5,16H,1-2H3. The second-order valence-corrected chi connectivity index (χ2v) is 3.49. The van der Waals surface area contributed by atoms with E-state index in [-0.39, 0.29) is 22.7 Å². The molecule has 0 aliphatic carbocycles. The number of benzene rings is 1. The fourth-order valence-electron chi connectivity index (χ4n) is 1.35. The second kappa shape index (κ2) is 4.74. The van der Waals surface area contributed by atoms with Gasteiger partial charge in [-0.2, -0.15) is 0 Å². The molecular formula is C11H10N4O3. The number of ether oxygens (including phenoxy) is 1. The lowest BCUT2D eigenvalue weighted by Gasteiger charge is -2.04. The topological polar surface area (TPSA) is 98.1 Å². The SMILES string of the molecule is COC(=O)c1ccc(O)c(-c2nnc(C)nn2)c1. The zero-order chi connectivity index (χ0) is 13.1. The molecule has 7 nitrogen and oxygen atoms in total. The van der Waals surface area contributed by atoms with Gasteiger partial charge in [-0.1, -0.05) is 0 Å². The van der Waals surface area contributed by atoms with Gasteiger partial charge in [0.15, 0.2) is 5.82 Å². The van der Waals surface area contributed by atoms with Crippen molar-refractivity contribution in [3.63, 3.8) is 0 Å². The van der Waals surface area contributed by atoms with E-state index in [1.807, 2.05) is 0 Å². The van der Waals surface area contributed by atoms with Crippen LogP contribution < -0.4 is 0 Å². The number of rotatable bonds is 2. The average Bonchev–Trinajstić information content (AvgIpc) is 2.39. The highest BCUT2D eigenvalue weighted by molar-refractivity contribution is 5.91. The summed E-state index contributed by atoms with van der Waals surface area (Å²) in [6, 6.07) is 4.24. The van der Waals surface area contributed by atoms with Crippen LogP contribution in [0.15, 0.2) is 18.2 Å². The van der Waals surface area contributed by atoms with Crippen LogP contribution in [0.25, 0.3) is 11.4 Å². The fraction of sp³-hybridized carbons (Fsp3) is 0.182. The molecule has 0 bridgehead atoms. The molecule has 1 aromatic carbocycles. The van der Waals surface area contributed by atoms with Crippen LogP contribution in [0.3, 0.4) is 0 Å². The van der Waals surface area contributed by atoms with E-state index in [0.717, 1.165) is 0 Å². The van der Waals surface area contributed by atoms with Gasteiger partial charge in [-0.15, -0.1) is 20.4 Å². The molecule has 0 amide bonds. The smallest absolute Gasteiger partial charge is 0.337 e. The Bertz CT molecular complexity index is 583. The largest absolute Gasteiger partial charge is 0.507 e. The summed E-state index contributed by atoms with van der Waals surface area (Å²) >= 11 is 0. The van der Waals surface area contributed by atoms with Gasteiger partial charge in [-0.25, -0.2) is 4.79 Å². The van der Waals surface area contributed by atoms with E-state index < -0.39 is 5.97 Å². The minimum atomic E-state index is -0.510. The van der Waals surface area contributed by atoms with Crippen molar-refractivity contribution in [1.82, 2.24) is 20.4 Å². The minimum absolute atomic E-state index is 0.0601. The van der Waals surface area contributed by atoms with Crippen molar-refractivity contribution in [3.8, 4) is 17.1 Å². The number of carbonyl (C=O) groups is 1. The summed E-state index contributed by atoms with van der Waals surface area (Å²) in [5, 5.41) is 24.8. The van der Waals surface area contributed by atoms with Crippen LogP contribution in [-0.4, -0.2) is 38.6 Å². The first-order valence-electron chi connectivity index (χ1n) is 5.07. The fourth-order valence-corrected chi connectivity index (χ4v) is 1.35. The van der Waals surface area contributed by atoms with E-state index in [1.165, 1.54) is 25.3 Å². The number of carbonyl (C=O) groups excluding carboxylic acids is 1. The summed E-state index contributed by atoms with van der Waals surface area (Å²) in [6.07, 6.45) is 0. The lowest BCUT2D eigenvalue weighted by molar-refractivity contribution is 0.0601. The molecule has 0 atom stereocenters. The molecule has 0 aliphatic rings. The maximum Gasteiger partial charge on any atom is 0.337 e. The number of methoxy groups -OCH3 is 1.